The number of hydrazine groups is 1. The standard InChI is InChI=1S/C21H26N2O2/c1-5-12-19(17-13-8-6-9-14-17)23(18-15-10-7-11-16-18)22-20(24)25-21(2,3)4/h5-11,13-16,19H,1,12H2,2-4H3,(H,22,24). The molecule has 0 aliphatic rings. The van der Waals surface area contributed by atoms with Crippen LogP contribution in [0.5, 0.6) is 0 Å². The third-order valence-corrected chi connectivity index (χ3v) is 3.53. The van der Waals surface area contributed by atoms with Gasteiger partial charge in [0.15, 0.2) is 0 Å². The molecule has 25 heavy (non-hydrogen) atoms. The van der Waals surface area contributed by atoms with Gasteiger partial charge in [0.2, 0.25) is 0 Å². The summed E-state index contributed by atoms with van der Waals surface area (Å²) in [4.78, 5) is 12.4. The minimum atomic E-state index is -0.562. The van der Waals surface area contributed by atoms with Gasteiger partial charge in [-0.05, 0) is 44.9 Å². The van der Waals surface area contributed by atoms with Crippen molar-refractivity contribution in [2.75, 3.05) is 5.01 Å². The normalized spacial score (nSPS) is 12.1. The number of ether oxygens (including phenoxy) is 1. The highest BCUT2D eigenvalue weighted by Gasteiger charge is 2.24. The van der Waals surface area contributed by atoms with E-state index >= 15 is 0 Å². The molecule has 0 saturated heterocycles. The number of amides is 1. The number of carbonyl (C=O) groups is 1. The molecule has 1 N–H and O–H groups in total. The molecule has 4 heteroatoms. The molecule has 1 amide bonds. The average molecular weight is 338 g/mol. The highest BCUT2D eigenvalue weighted by molar-refractivity contribution is 5.71. The molecule has 2 aromatic carbocycles. The van der Waals surface area contributed by atoms with E-state index in [-0.39, 0.29) is 6.04 Å². The molecule has 2 aromatic rings. The highest BCUT2D eigenvalue weighted by atomic mass is 16.6. The van der Waals surface area contributed by atoms with Crippen molar-refractivity contribution in [1.82, 2.24) is 5.43 Å². The van der Waals surface area contributed by atoms with Gasteiger partial charge in [-0.2, -0.15) is 0 Å². The van der Waals surface area contributed by atoms with E-state index in [0.29, 0.717) is 6.42 Å². The van der Waals surface area contributed by atoms with Gasteiger partial charge in [-0.1, -0.05) is 54.6 Å². The van der Waals surface area contributed by atoms with Crippen molar-refractivity contribution >= 4 is 11.8 Å². The van der Waals surface area contributed by atoms with E-state index < -0.39 is 11.7 Å². The first kappa shape index (κ1) is 18.6. The summed E-state index contributed by atoms with van der Waals surface area (Å²) in [6.45, 7) is 9.41. The Morgan fingerprint density at radius 1 is 1.12 bits per heavy atom. The molecular formula is C21H26N2O2. The van der Waals surface area contributed by atoms with Gasteiger partial charge < -0.3 is 4.74 Å². The van der Waals surface area contributed by atoms with Gasteiger partial charge in [0.1, 0.15) is 5.60 Å². The van der Waals surface area contributed by atoms with Crippen molar-refractivity contribution in [2.45, 2.75) is 38.8 Å². The molecular weight excluding hydrogens is 312 g/mol. The maximum Gasteiger partial charge on any atom is 0.426 e. The summed E-state index contributed by atoms with van der Waals surface area (Å²) in [5, 5.41) is 1.84. The Labute approximate surface area is 150 Å². The zero-order chi connectivity index (χ0) is 18.3. The zero-order valence-corrected chi connectivity index (χ0v) is 15.1. The van der Waals surface area contributed by atoms with Crippen LogP contribution in [0.25, 0.3) is 0 Å². The molecule has 0 aromatic heterocycles. The number of para-hydroxylation sites is 1. The predicted octanol–water partition coefficient (Wildman–Crippen LogP) is 5.25. The molecule has 0 bridgehead atoms. The second-order valence-electron chi connectivity index (χ2n) is 6.77. The number of nitrogens with zero attached hydrogens (tertiary/aromatic N) is 1. The van der Waals surface area contributed by atoms with Crippen LogP contribution in [0.15, 0.2) is 73.3 Å². The van der Waals surface area contributed by atoms with Gasteiger partial charge in [-0.15, -0.1) is 6.58 Å². The summed E-state index contributed by atoms with van der Waals surface area (Å²) >= 11 is 0. The van der Waals surface area contributed by atoms with Crippen molar-refractivity contribution in [1.29, 1.82) is 0 Å². The molecule has 0 radical (unpaired) electrons. The summed E-state index contributed by atoms with van der Waals surface area (Å²) in [5.74, 6) is 0. The van der Waals surface area contributed by atoms with Crippen LogP contribution in [-0.2, 0) is 4.74 Å². The van der Waals surface area contributed by atoms with Gasteiger partial charge in [-0.3, -0.25) is 5.01 Å². The quantitative estimate of drug-likeness (QED) is 0.578. The molecule has 4 nitrogen and oxygen atoms in total. The maximum absolute atomic E-state index is 12.4. The predicted molar refractivity (Wildman–Crippen MR) is 102 cm³/mol. The summed E-state index contributed by atoms with van der Waals surface area (Å²) < 4.78 is 5.44. The van der Waals surface area contributed by atoms with Crippen LogP contribution >= 0.6 is 0 Å². The van der Waals surface area contributed by atoms with E-state index in [1.807, 2.05) is 92.5 Å². The fourth-order valence-corrected chi connectivity index (χ4v) is 2.53. The number of rotatable bonds is 6. The largest absolute Gasteiger partial charge is 0.443 e. The SMILES string of the molecule is C=CCC(c1ccccc1)N(NC(=O)OC(C)(C)C)c1ccccc1. The average Bonchev–Trinajstić information content (AvgIpc) is 2.58. The fourth-order valence-electron chi connectivity index (χ4n) is 2.53. The first-order chi connectivity index (χ1) is 11.9. The molecule has 1 unspecified atom stereocenters. The zero-order valence-electron chi connectivity index (χ0n) is 15.1. The minimum Gasteiger partial charge on any atom is -0.443 e. The van der Waals surface area contributed by atoms with Crippen molar-refractivity contribution in [2.24, 2.45) is 0 Å². The first-order valence-corrected chi connectivity index (χ1v) is 8.40. The Morgan fingerprint density at radius 2 is 1.68 bits per heavy atom. The first-order valence-electron chi connectivity index (χ1n) is 8.40. The highest BCUT2D eigenvalue weighted by Crippen LogP contribution is 2.28. The van der Waals surface area contributed by atoms with Crippen molar-refractivity contribution in [3.8, 4) is 0 Å². The van der Waals surface area contributed by atoms with E-state index in [9.17, 15) is 4.79 Å². The number of hydrogen-bond acceptors (Lipinski definition) is 3. The van der Waals surface area contributed by atoms with Gasteiger partial charge >= 0.3 is 6.09 Å². The van der Waals surface area contributed by atoms with Gasteiger partial charge in [-0.25, -0.2) is 10.2 Å². The van der Waals surface area contributed by atoms with Gasteiger partial charge in [0.05, 0.1) is 11.7 Å². The van der Waals surface area contributed by atoms with E-state index in [0.717, 1.165) is 11.3 Å². The lowest BCUT2D eigenvalue weighted by atomic mass is 10.0. The topological polar surface area (TPSA) is 41.6 Å². The third-order valence-electron chi connectivity index (χ3n) is 3.53. The Morgan fingerprint density at radius 3 is 2.20 bits per heavy atom. The monoisotopic (exact) mass is 338 g/mol. The molecule has 0 aliphatic carbocycles. The lowest BCUT2D eigenvalue weighted by molar-refractivity contribution is 0.0514. The molecule has 0 spiro atoms. The number of hydrogen-bond donors (Lipinski definition) is 1. The second kappa shape index (κ2) is 8.38. The maximum atomic E-state index is 12.4. The summed E-state index contributed by atoms with van der Waals surface area (Å²) in [5.41, 5.74) is 4.30. The van der Waals surface area contributed by atoms with E-state index in [2.05, 4.69) is 12.0 Å². The molecule has 1 atom stereocenters. The van der Waals surface area contributed by atoms with Gasteiger partial charge in [0.25, 0.3) is 0 Å². The van der Waals surface area contributed by atoms with Crippen LogP contribution < -0.4 is 10.4 Å². The van der Waals surface area contributed by atoms with Crippen molar-refractivity contribution in [3.05, 3.63) is 78.9 Å². The van der Waals surface area contributed by atoms with E-state index in [4.69, 9.17) is 4.74 Å². The van der Waals surface area contributed by atoms with Crippen LogP contribution in [0.2, 0.25) is 0 Å². The molecule has 132 valence electrons. The Kier molecular flexibility index (Phi) is 6.23. The summed E-state index contributed by atoms with van der Waals surface area (Å²) in [6, 6.07) is 19.7. The van der Waals surface area contributed by atoms with E-state index in [1.54, 1.807) is 0 Å². The summed E-state index contributed by atoms with van der Waals surface area (Å²) in [6.07, 6.45) is 2.04. The Hall–Kier alpha value is -2.75. The third kappa shape index (κ3) is 5.68. The molecule has 0 fully saturated rings. The van der Waals surface area contributed by atoms with Crippen LogP contribution in [0.3, 0.4) is 0 Å². The van der Waals surface area contributed by atoms with Crippen LogP contribution in [0, 0.1) is 0 Å². The minimum absolute atomic E-state index is 0.0892. The lowest BCUT2D eigenvalue weighted by Gasteiger charge is -2.34. The number of benzene rings is 2. The molecule has 2 rings (SSSR count). The van der Waals surface area contributed by atoms with Crippen LogP contribution in [-0.4, -0.2) is 11.7 Å². The van der Waals surface area contributed by atoms with Crippen molar-refractivity contribution in [3.63, 3.8) is 0 Å². The number of anilines is 1. The molecule has 0 saturated carbocycles. The van der Waals surface area contributed by atoms with Crippen LogP contribution in [0.4, 0.5) is 10.5 Å². The Bertz CT molecular complexity index is 678. The van der Waals surface area contributed by atoms with Crippen molar-refractivity contribution < 1.29 is 9.53 Å². The summed E-state index contributed by atoms with van der Waals surface area (Å²) in [7, 11) is 0. The number of carbonyl (C=O) groups excluding carboxylic acids is 1. The number of nitrogens with one attached hydrogen (secondary N) is 1. The Balaban J connectivity index is 2.35. The molecule has 0 heterocycles. The van der Waals surface area contributed by atoms with Crippen LogP contribution in [0.1, 0.15) is 38.8 Å². The smallest absolute Gasteiger partial charge is 0.426 e. The van der Waals surface area contributed by atoms with E-state index in [1.165, 1.54) is 0 Å². The fraction of sp³-hybridized carbons (Fsp3) is 0.286. The lowest BCUT2D eigenvalue weighted by Crippen LogP contribution is -2.46. The van der Waals surface area contributed by atoms with Gasteiger partial charge in [0, 0.05) is 0 Å². The second-order valence-corrected chi connectivity index (χ2v) is 6.77. The molecule has 0 aliphatic heterocycles.